The van der Waals surface area contributed by atoms with Crippen LogP contribution in [-0.2, 0) is 16.7 Å². The fourth-order valence-electron chi connectivity index (χ4n) is 2.45. The average molecular weight is 484 g/mol. The van der Waals surface area contributed by atoms with Crippen LogP contribution in [0.15, 0.2) is 47.4 Å². The highest BCUT2D eigenvalue weighted by atomic mass is 32.2. The molecular formula is C19H21N3O8S2. The van der Waals surface area contributed by atoms with Gasteiger partial charge in [0, 0.05) is 0 Å². The monoisotopic (exact) mass is 483 g/mol. The van der Waals surface area contributed by atoms with E-state index in [-0.39, 0.29) is 16.2 Å². The molecule has 3 N–H and O–H groups in total. The SMILES string of the molecule is CC(C)COc1ccc(S(=O)(=O)Oc2ccc(CN(C(=O)O)C(N)=S)c([N+](=O)[O-])c2)cc1. The molecular weight excluding hydrogens is 462 g/mol. The lowest BCUT2D eigenvalue weighted by molar-refractivity contribution is -0.385. The second kappa shape index (κ2) is 10.2. The Morgan fingerprint density at radius 1 is 1.22 bits per heavy atom. The van der Waals surface area contributed by atoms with Crippen LogP contribution >= 0.6 is 12.2 Å². The van der Waals surface area contributed by atoms with Gasteiger partial charge in [-0.2, -0.15) is 8.42 Å². The summed E-state index contributed by atoms with van der Waals surface area (Å²) in [5.74, 6) is 0.458. The normalized spacial score (nSPS) is 11.1. The number of rotatable bonds is 9. The van der Waals surface area contributed by atoms with E-state index in [1.807, 2.05) is 13.8 Å². The summed E-state index contributed by atoms with van der Waals surface area (Å²) in [5, 5.41) is 20.1. The molecule has 0 spiro atoms. The van der Waals surface area contributed by atoms with Crippen molar-refractivity contribution < 1.29 is 32.2 Å². The smallest absolute Gasteiger partial charge is 0.413 e. The zero-order valence-corrected chi connectivity index (χ0v) is 18.8. The van der Waals surface area contributed by atoms with E-state index >= 15 is 0 Å². The lowest BCUT2D eigenvalue weighted by Gasteiger charge is -2.17. The molecule has 1 amide bonds. The third-order valence-corrected chi connectivity index (χ3v) is 5.46. The molecule has 0 fully saturated rings. The summed E-state index contributed by atoms with van der Waals surface area (Å²) >= 11 is 4.63. The molecule has 11 nitrogen and oxygen atoms in total. The summed E-state index contributed by atoms with van der Waals surface area (Å²) in [7, 11) is -4.29. The largest absolute Gasteiger partial charge is 0.493 e. The van der Waals surface area contributed by atoms with Crippen molar-refractivity contribution in [3.8, 4) is 11.5 Å². The molecule has 32 heavy (non-hydrogen) atoms. The summed E-state index contributed by atoms with van der Waals surface area (Å²) in [6.07, 6.45) is -1.49. The molecule has 0 aliphatic carbocycles. The highest BCUT2D eigenvalue weighted by Crippen LogP contribution is 2.28. The number of nitrogens with two attached hydrogens (primary N) is 1. The molecule has 0 bridgehead atoms. The van der Waals surface area contributed by atoms with Crippen LogP contribution in [0.25, 0.3) is 0 Å². The number of carbonyl (C=O) groups is 1. The molecule has 2 aromatic carbocycles. The number of hydrogen-bond acceptors (Lipinski definition) is 8. The highest BCUT2D eigenvalue weighted by Gasteiger charge is 2.24. The summed E-state index contributed by atoms with van der Waals surface area (Å²) in [6, 6.07) is 8.74. The van der Waals surface area contributed by atoms with E-state index in [0.717, 1.165) is 6.07 Å². The second-order valence-corrected chi connectivity index (χ2v) is 8.93. The molecule has 0 aliphatic heterocycles. The number of nitro groups is 1. The van der Waals surface area contributed by atoms with Crippen LogP contribution in [0.1, 0.15) is 19.4 Å². The molecule has 0 aromatic heterocycles. The van der Waals surface area contributed by atoms with Crippen LogP contribution in [0.5, 0.6) is 11.5 Å². The Morgan fingerprint density at radius 3 is 2.31 bits per heavy atom. The van der Waals surface area contributed by atoms with Crippen LogP contribution in [-0.4, -0.2) is 41.2 Å². The molecule has 2 aromatic rings. The Bertz CT molecular complexity index is 1100. The van der Waals surface area contributed by atoms with Gasteiger partial charge in [0.25, 0.3) is 5.69 Å². The predicted molar refractivity (Wildman–Crippen MR) is 118 cm³/mol. The molecule has 0 radical (unpaired) electrons. The van der Waals surface area contributed by atoms with Crippen LogP contribution in [0.3, 0.4) is 0 Å². The maximum atomic E-state index is 12.5. The first kappa shape index (κ1) is 24.8. The zero-order chi connectivity index (χ0) is 24.1. The van der Waals surface area contributed by atoms with Crippen LogP contribution in [0, 0.1) is 16.0 Å². The van der Waals surface area contributed by atoms with Crippen LogP contribution in [0.2, 0.25) is 0 Å². The third kappa shape index (κ3) is 6.52. The number of carboxylic acid groups (broad SMARTS) is 1. The van der Waals surface area contributed by atoms with Crippen LogP contribution < -0.4 is 14.7 Å². The van der Waals surface area contributed by atoms with Gasteiger partial charge in [-0.1, -0.05) is 13.8 Å². The summed E-state index contributed by atoms with van der Waals surface area (Å²) in [4.78, 5) is 22.2. The maximum Gasteiger partial charge on any atom is 0.413 e. The first-order valence-corrected chi connectivity index (χ1v) is 11.0. The number of nitrogens with zero attached hydrogens (tertiary/aromatic N) is 2. The molecule has 172 valence electrons. The van der Waals surface area contributed by atoms with Crippen molar-refractivity contribution in [2.75, 3.05) is 6.61 Å². The minimum absolute atomic E-state index is 0.0541. The van der Waals surface area contributed by atoms with Gasteiger partial charge in [-0.25, -0.2) is 9.69 Å². The fraction of sp³-hybridized carbons (Fsp3) is 0.263. The molecule has 0 aliphatic rings. The predicted octanol–water partition coefficient (Wildman–Crippen LogP) is 3.12. The molecule has 0 saturated carbocycles. The molecule has 0 heterocycles. The lowest BCUT2D eigenvalue weighted by Crippen LogP contribution is -2.39. The standard InChI is InChI=1S/C19H21N3O8S2/c1-12(2)11-29-14-5-7-16(8-6-14)32(27,28)30-15-4-3-13(17(9-15)22(25)26)10-21(18(20)31)19(23)24/h3-9,12H,10-11H2,1-2H3,(H2,20,31)(H,23,24). The van der Waals surface area contributed by atoms with Crippen LogP contribution in [0.4, 0.5) is 10.5 Å². The van der Waals surface area contributed by atoms with Gasteiger partial charge < -0.3 is 19.8 Å². The van der Waals surface area contributed by atoms with Gasteiger partial charge in [0.2, 0.25) is 0 Å². The molecule has 0 unspecified atom stereocenters. The number of amides is 1. The first-order chi connectivity index (χ1) is 14.9. The van der Waals surface area contributed by atoms with Gasteiger partial charge in [-0.05, 0) is 54.5 Å². The van der Waals surface area contributed by atoms with Gasteiger partial charge in [0.15, 0.2) is 5.11 Å². The van der Waals surface area contributed by atoms with Crippen molar-refractivity contribution in [3.05, 3.63) is 58.1 Å². The van der Waals surface area contributed by atoms with E-state index in [4.69, 9.17) is 19.8 Å². The van der Waals surface area contributed by atoms with E-state index in [0.29, 0.717) is 23.2 Å². The van der Waals surface area contributed by atoms with Gasteiger partial charge in [-0.3, -0.25) is 10.1 Å². The van der Waals surface area contributed by atoms with Crippen molar-refractivity contribution in [2.45, 2.75) is 25.3 Å². The van der Waals surface area contributed by atoms with Crippen molar-refractivity contribution in [1.29, 1.82) is 0 Å². The molecule has 0 saturated heterocycles. The Morgan fingerprint density at radius 2 is 1.81 bits per heavy atom. The van der Waals surface area contributed by atoms with E-state index in [2.05, 4.69) is 12.2 Å². The van der Waals surface area contributed by atoms with Gasteiger partial charge in [0.1, 0.15) is 16.4 Å². The topological polar surface area (TPSA) is 162 Å². The van der Waals surface area contributed by atoms with Crippen molar-refractivity contribution >= 4 is 39.2 Å². The minimum Gasteiger partial charge on any atom is -0.493 e. The number of ether oxygens (including phenoxy) is 1. The lowest BCUT2D eigenvalue weighted by atomic mass is 10.1. The summed E-state index contributed by atoms with van der Waals surface area (Å²) in [5.41, 5.74) is 4.72. The Balaban J connectivity index is 2.26. The molecule has 2 rings (SSSR count). The van der Waals surface area contributed by atoms with Gasteiger partial charge >= 0.3 is 16.2 Å². The zero-order valence-electron chi connectivity index (χ0n) is 17.1. The fourth-order valence-corrected chi connectivity index (χ4v) is 3.51. The summed E-state index contributed by atoms with van der Waals surface area (Å²) in [6.45, 7) is 3.92. The minimum atomic E-state index is -4.29. The van der Waals surface area contributed by atoms with E-state index in [1.54, 1.807) is 0 Å². The summed E-state index contributed by atoms with van der Waals surface area (Å²) < 4.78 is 35.6. The third-order valence-electron chi connectivity index (χ3n) is 3.98. The van der Waals surface area contributed by atoms with E-state index < -0.39 is 38.5 Å². The number of nitro benzene ring substituents is 1. The Hall–Kier alpha value is -3.45. The van der Waals surface area contributed by atoms with Crippen molar-refractivity contribution in [3.63, 3.8) is 0 Å². The van der Waals surface area contributed by atoms with Crippen molar-refractivity contribution in [2.24, 2.45) is 11.7 Å². The highest BCUT2D eigenvalue weighted by molar-refractivity contribution is 7.87. The Kier molecular flexibility index (Phi) is 7.94. The molecule has 13 heteroatoms. The van der Waals surface area contributed by atoms with Crippen molar-refractivity contribution in [1.82, 2.24) is 4.90 Å². The Labute approximate surface area is 189 Å². The second-order valence-electron chi connectivity index (χ2n) is 6.97. The number of hydrogen-bond donors (Lipinski definition) is 2. The first-order valence-electron chi connectivity index (χ1n) is 9.15. The van der Waals surface area contributed by atoms with Gasteiger partial charge in [0.05, 0.1) is 29.7 Å². The number of thiocarbonyl (C=S) groups is 1. The maximum absolute atomic E-state index is 12.5. The average Bonchev–Trinajstić information content (AvgIpc) is 2.70. The van der Waals surface area contributed by atoms with E-state index in [9.17, 15) is 23.3 Å². The van der Waals surface area contributed by atoms with E-state index in [1.165, 1.54) is 36.4 Å². The molecule has 0 atom stereocenters. The van der Waals surface area contributed by atoms with Gasteiger partial charge in [-0.15, -0.1) is 0 Å². The number of benzene rings is 2. The quantitative estimate of drug-likeness (QED) is 0.234.